The molecule has 0 aromatic heterocycles. The van der Waals surface area contributed by atoms with E-state index in [1.807, 2.05) is 0 Å². The van der Waals surface area contributed by atoms with Crippen molar-refractivity contribution in [3.8, 4) is 0 Å². The number of hydrogen-bond donors (Lipinski definition) is 8. The fourth-order valence-electron chi connectivity index (χ4n) is 3.41. The predicted octanol–water partition coefficient (Wildman–Crippen LogP) is -1.62. The number of nitrogens with two attached hydrogens (primary N) is 3. The summed E-state index contributed by atoms with van der Waals surface area (Å²) >= 11 is 1.39. The maximum absolute atomic E-state index is 13.0. The first-order chi connectivity index (χ1) is 18.4. The number of carboxylic acid groups (broad SMARTS) is 2. The lowest BCUT2D eigenvalue weighted by atomic mass is 10.0. The van der Waals surface area contributed by atoms with Gasteiger partial charge in [-0.1, -0.05) is 30.3 Å². The van der Waals surface area contributed by atoms with Crippen LogP contribution in [0.2, 0.25) is 0 Å². The standard InChI is InChI=1S/C24H37N7O7S/c1-39-11-9-16(21(35)31-18(23(37)38)12-14-6-3-2-4-7-14)29-22(36)17(13-19(32)33)30-20(34)15(25)8-5-10-28-24(26)27/h2-4,6-7,15-18H,5,8-13,25H2,1H3,(H,29,36)(H,30,34)(H,31,35)(H,32,33)(H,37,38)(H4,26,27,28). The van der Waals surface area contributed by atoms with Crippen LogP contribution in [0.3, 0.4) is 0 Å². The first-order valence-electron chi connectivity index (χ1n) is 12.1. The van der Waals surface area contributed by atoms with Gasteiger partial charge in [-0.05, 0) is 36.8 Å². The van der Waals surface area contributed by atoms with Crippen molar-refractivity contribution in [1.29, 1.82) is 0 Å². The van der Waals surface area contributed by atoms with Crippen LogP contribution in [0.5, 0.6) is 0 Å². The lowest BCUT2D eigenvalue weighted by Gasteiger charge is -2.24. The molecule has 0 saturated carbocycles. The van der Waals surface area contributed by atoms with Gasteiger partial charge >= 0.3 is 11.9 Å². The number of nitrogens with one attached hydrogen (secondary N) is 3. The van der Waals surface area contributed by atoms with Gasteiger partial charge < -0.3 is 43.4 Å². The number of benzene rings is 1. The fraction of sp³-hybridized carbons (Fsp3) is 0.500. The average molecular weight is 568 g/mol. The van der Waals surface area contributed by atoms with Crippen LogP contribution in [0.1, 0.15) is 31.2 Å². The second kappa shape index (κ2) is 17.6. The summed E-state index contributed by atoms with van der Waals surface area (Å²) in [6, 6.07) is 3.67. The number of hydrogen-bond acceptors (Lipinski definition) is 8. The van der Waals surface area contributed by atoms with Gasteiger partial charge in [-0.3, -0.25) is 24.2 Å². The summed E-state index contributed by atoms with van der Waals surface area (Å²) in [5, 5.41) is 26.1. The summed E-state index contributed by atoms with van der Waals surface area (Å²) in [5.41, 5.74) is 17.0. The van der Waals surface area contributed by atoms with Crippen molar-refractivity contribution in [3.63, 3.8) is 0 Å². The lowest BCUT2D eigenvalue weighted by Crippen LogP contribution is -2.57. The molecule has 3 amide bonds. The van der Waals surface area contributed by atoms with E-state index in [2.05, 4.69) is 20.9 Å². The van der Waals surface area contributed by atoms with Crippen molar-refractivity contribution in [2.75, 3.05) is 18.6 Å². The number of aliphatic imine (C=N–C) groups is 1. The lowest BCUT2D eigenvalue weighted by molar-refractivity contribution is -0.143. The number of carbonyl (C=O) groups excluding carboxylic acids is 3. The Morgan fingerprint density at radius 1 is 0.897 bits per heavy atom. The Balaban J connectivity index is 2.92. The molecule has 11 N–H and O–H groups in total. The van der Waals surface area contributed by atoms with E-state index >= 15 is 0 Å². The number of nitrogens with zero attached hydrogens (tertiary/aromatic N) is 1. The molecule has 39 heavy (non-hydrogen) atoms. The molecule has 216 valence electrons. The Morgan fingerprint density at radius 2 is 1.49 bits per heavy atom. The van der Waals surface area contributed by atoms with Gasteiger partial charge in [-0.25, -0.2) is 4.79 Å². The van der Waals surface area contributed by atoms with E-state index in [1.165, 1.54) is 11.8 Å². The number of rotatable bonds is 18. The van der Waals surface area contributed by atoms with Gasteiger partial charge in [0.25, 0.3) is 0 Å². The van der Waals surface area contributed by atoms with Crippen LogP contribution >= 0.6 is 11.8 Å². The smallest absolute Gasteiger partial charge is 0.326 e. The van der Waals surface area contributed by atoms with E-state index < -0.39 is 60.2 Å². The molecule has 0 saturated heterocycles. The van der Waals surface area contributed by atoms with Crippen molar-refractivity contribution in [2.45, 2.75) is 56.3 Å². The third-order valence-corrected chi connectivity index (χ3v) is 6.10. The van der Waals surface area contributed by atoms with E-state index in [4.69, 9.17) is 17.2 Å². The molecule has 0 aliphatic heterocycles. The van der Waals surface area contributed by atoms with Crippen LogP contribution in [0.4, 0.5) is 0 Å². The van der Waals surface area contributed by atoms with Crippen LogP contribution in [0.15, 0.2) is 35.3 Å². The zero-order chi connectivity index (χ0) is 29.4. The highest BCUT2D eigenvalue weighted by atomic mass is 32.2. The molecular weight excluding hydrogens is 530 g/mol. The summed E-state index contributed by atoms with van der Waals surface area (Å²) in [7, 11) is 0. The minimum Gasteiger partial charge on any atom is -0.481 e. The molecule has 1 aromatic carbocycles. The van der Waals surface area contributed by atoms with Crippen LogP contribution in [0.25, 0.3) is 0 Å². The Morgan fingerprint density at radius 3 is 2.05 bits per heavy atom. The van der Waals surface area contributed by atoms with Crippen LogP contribution in [0, 0.1) is 0 Å². The zero-order valence-electron chi connectivity index (χ0n) is 21.7. The number of carbonyl (C=O) groups is 5. The minimum atomic E-state index is -1.53. The van der Waals surface area contributed by atoms with Crippen LogP contribution < -0.4 is 33.2 Å². The van der Waals surface area contributed by atoms with Gasteiger partial charge in [-0.2, -0.15) is 11.8 Å². The highest BCUT2D eigenvalue weighted by molar-refractivity contribution is 7.98. The fourth-order valence-corrected chi connectivity index (χ4v) is 3.88. The van der Waals surface area contributed by atoms with Gasteiger partial charge in [0.2, 0.25) is 17.7 Å². The van der Waals surface area contributed by atoms with Crippen molar-refractivity contribution in [1.82, 2.24) is 16.0 Å². The molecule has 15 heteroatoms. The Hall–Kier alpha value is -3.85. The Bertz CT molecular complexity index is 1010. The first-order valence-corrected chi connectivity index (χ1v) is 13.5. The number of aliphatic carboxylic acids is 2. The Labute approximate surface area is 230 Å². The second-order valence-electron chi connectivity index (χ2n) is 8.65. The third kappa shape index (κ3) is 13.5. The summed E-state index contributed by atoms with van der Waals surface area (Å²) in [4.78, 5) is 65.4. The molecular formula is C24H37N7O7S. The predicted molar refractivity (Wildman–Crippen MR) is 147 cm³/mol. The maximum Gasteiger partial charge on any atom is 0.326 e. The summed E-state index contributed by atoms with van der Waals surface area (Å²) in [6.45, 7) is 0.232. The average Bonchev–Trinajstić information content (AvgIpc) is 2.87. The van der Waals surface area contributed by atoms with Gasteiger partial charge in [0.15, 0.2) is 5.96 Å². The first kappa shape index (κ1) is 33.2. The highest BCUT2D eigenvalue weighted by Gasteiger charge is 2.31. The molecule has 4 atom stereocenters. The molecule has 0 fully saturated rings. The van der Waals surface area contributed by atoms with E-state index in [-0.39, 0.29) is 31.8 Å². The van der Waals surface area contributed by atoms with Crippen LogP contribution in [-0.4, -0.2) is 88.6 Å². The quantitative estimate of drug-likeness (QED) is 0.0568. The monoisotopic (exact) mass is 567 g/mol. The van der Waals surface area contributed by atoms with Gasteiger partial charge in [0.05, 0.1) is 12.5 Å². The molecule has 1 rings (SSSR count). The summed E-state index contributed by atoms with van der Waals surface area (Å²) in [5.74, 6) is -4.73. The third-order valence-electron chi connectivity index (χ3n) is 5.46. The molecule has 4 unspecified atom stereocenters. The van der Waals surface area contributed by atoms with E-state index in [0.717, 1.165) is 0 Å². The Kier molecular flexibility index (Phi) is 15.0. The number of guanidine groups is 1. The largest absolute Gasteiger partial charge is 0.481 e. The highest BCUT2D eigenvalue weighted by Crippen LogP contribution is 2.07. The van der Waals surface area contributed by atoms with Crippen molar-refractivity contribution in [3.05, 3.63) is 35.9 Å². The maximum atomic E-state index is 13.0. The molecule has 14 nitrogen and oxygen atoms in total. The van der Waals surface area contributed by atoms with Crippen molar-refractivity contribution >= 4 is 47.4 Å². The van der Waals surface area contributed by atoms with Gasteiger partial charge in [0, 0.05) is 13.0 Å². The summed E-state index contributed by atoms with van der Waals surface area (Å²) in [6.07, 6.45) is 1.71. The normalized spacial score (nSPS) is 13.7. The van der Waals surface area contributed by atoms with E-state index in [0.29, 0.717) is 17.7 Å². The number of carboxylic acids is 2. The molecule has 0 aliphatic rings. The second-order valence-corrected chi connectivity index (χ2v) is 9.63. The molecule has 0 radical (unpaired) electrons. The molecule has 0 aliphatic carbocycles. The van der Waals surface area contributed by atoms with Crippen LogP contribution in [-0.2, 0) is 30.4 Å². The van der Waals surface area contributed by atoms with E-state index in [1.54, 1.807) is 36.6 Å². The van der Waals surface area contributed by atoms with Crippen molar-refractivity contribution < 1.29 is 34.2 Å². The topological polar surface area (TPSA) is 252 Å². The molecule has 1 aromatic rings. The molecule has 0 bridgehead atoms. The van der Waals surface area contributed by atoms with Gasteiger partial charge in [0.1, 0.15) is 18.1 Å². The van der Waals surface area contributed by atoms with Crippen molar-refractivity contribution in [2.24, 2.45) is 22.2 Å². The minimum absolute atomic E-state index is 0.0177. The number of thioether (sulfide) groups is 1. The van der Waals surface area contributed by atoms with E-state index in [9.17, 15) is 34.2 Å². The molecule has 0 heterocycles. The summed E-state index contributed by atoms with van der Waals surface area (Å²) < 4.78 is 0. The zero-order valence-corrected chi connectivity index (χ0v) is 22.5. The van der Waals surface area contributed by atoms with Gasteiger partial charge in [-0.15, -0.1) is 0 Å². The molecule has 0 spiro atoms. The SMILES string of the molecule is CSCCC(NC(=O)C(CC(=O)O)NC(=O)C(N)CCCN=C(N)N)C(=O)NC(Cc1ccccc1)C(=O)O. The number of amides is 3.